The van der Waals surface area contributed by atoms with E-state index in [2.05, 4.69) is 74.6 Å². The molecule has 0 unspecified atom stereocenters. The van der Waals surface area contributed by atoms with Crippen LogP contribution >= 0.6 is 24.0 Å². The highest BCUT2D eigenvalue weighted by molar-refractivity contribution is 14.0. The molecule has 0 radical (unpaired) electrons. The zero-order chi connectivity index (χ0) is 17.6. The Kier molecular flexibility index (Phi) is 7.44. The lowest BCUT2D eigenvalue weighted by atomic mass is 10.1. The van der Waals surface area contributed by atoms with Crippen molar-refractivity contribution in [1.29, 1.82) is 0 Å². The van der Waals surface area contributed by atoms with Crippen molar-refractivity contribution in [2.75, 3.05) is 13.6 Å². The molecule has 6 heteroatoms. The number of para-hydroxylation sites is 2. The van der Waals surface area contributed by atoms with Crippen LogP contribution in [-0.2, 0) is 13.1 Å². The van der Waals surface area contributed by atoms with Crippen LogP contribution < -0.4 is 10.6 Å². The highest BCUT2D eigenvalue weighted by Crippen LogP contribution is 2.14. The third-order valence-electron chi connectivity index (χ3n) is 4.24. The molecule has 0 aliphatic carbocycles. The van der Waals surface area contributed by atoms with E-state index in [1.54, 1.807) is 7.05 Å². The molecule has 26 heavy (non-hydrogen) atoms. The van der Waals surface area contributed by atoms with Crippen molar-refractivity contribution < 1.29 is 0 Å². The maximum atomic E-state index is 4.60. The summed E-state index contributed by atoms with van der Waals surface area (Å²) in [4.78, 5) is 8.90. The van der Waals surface area contributed by atoms with Gasteiger partial charge in [0, 0.05) is 26.7 Å². The van der Waals surface area contributed by atoms with Crippen LogP contribution in [-0.4, -0.2) is 29.1 Å². The number of guanidine groups is 1. The average Bonchev–Trinajstić information content (AvgIpc) is 2.93. The molecule has 0 fully saturated rings. The van der Waals surface area contributed by atoms with E-state index in [4.69, 9.17) is 0 Å². The molecule has 0 saturated heterocycles. The van der Waals surface area contributed by atoms with Crippen molar-refractivity contribution in [3.8, 4) is 0 Å². The van der Waals surface area contributed by atoms with Gasteiger partial charge >= 0.3 is 0 Å². The molecule has 0 spiro atoms. The van der Waals surface area contributed by atoms with Gasteiger partial charge in [0.15, 0.2) is 5.96 Å². The minimum atomic E-state index is 0. The standard InChI is InChI=1S/C20H25N5.HI/c1-15-7-6-8-17(13-15)14-23-20(21-3)22-11-12-25-16(2)24-18-9-4-5-10-19(18)25;/h4-10,13H,11-12,14H2,1-3H3,(H2,21,22,23);1H. The predicted octanol–water partition coefficient (Wildman–Crippen LogP) is 3.64. The summed E-state index contributed by atoms with van der Waals surface area (Å²) in [6, 6.07) is 16.7. The van der Waals surface area contributed by atoms with Gasteiger partial charge in [0.25, 0.3) is 0 Å². The Morgan fingerprint density at radius 2 is 1.88 bits per heavy atom. The van der Waals surface area contributed by atoms with Crippen molar-refractivity contribution in [3.63, 3.8) is 0 Å². The number of fused-ring (bicyclic) bond motifs is 1. The monoisotopic (exact) mass is 463 g/mol. The first-order valence-electron chi connectivity index (χ1n) is 8.59. The van der Waals surface area contributed by atoms with Gasteiger partial charge in [-0.15, -0.1) is 24.0 Å². The van der Waals surface area contributed by atoms with Crippen LogP contribution in [0.25, 0.3) is 11.0 Å². The van der Waals surface area contributed by atoms with Gasteiger partial charge in [0.05, 0.1) is 11.0 Å². The van der Waals surface area contributed by atoms with Gasteiger partial charge < -0.3 is 15.2 Å². The van der Waals surface area contributed by atoms with Crippen LogP contribution in [0.4, 0.5) is 0 Å². The largest absolute Gasteiger partial charge is 0.355 e. The zero-order valence-electron chi connectivity index (χ0n) is 15.5. The van der Waals surface area contributed by atoms with Crippen molar-refractivity contribution in [3.05, 3.63) is 65.5 Å². The molecule has 138 valence electrons. The number of hydrogen-bond acceptors (Lipinski definition) is 2. The smallest absolute Gasteiger partial charge is 0.191 e. The number of aryl methyl sites for hydroxylation is 2. The second-order valence-electron chi connectivity index (χ2n) is 6.14. The lowest BCUT2D eigenvalue weighted by Gasteiger charge is -2.13. The summed E-state index contributed by atoms with van der Waals surface area (Å²) >= 11 is 0. The Hall–Kier alpha value is -2.09. The average molecular weight is 463 g/mol. The summed E-state index contributed by atoms with van der Waals surface area (Å²) in [6.07, 6.45) is 0. The van der Waals surface area contributed by atoms with Crippen LogP contribution in [0.1, 0.15) is 17.0 Å². The summed E-state index contributed by atoms with van der Waals surface area (Å²) in [7, 11) is 1.80. The number of halogens is 1. The van der Waals surface area contributed by atoms with E-state index < -0.39 is 0 Å². The van der Waals surface area contributed by atoms with Gasteiger partial charge in [-0.1, -0.05) is 42.0 Å². The molecule has 0 saturated carbocycles. The lowest BCUT2D eigenvalue weighted by Crippen LogP contribution is -2.38. The quantitative estimate of drug-likeness (QED) is 0.345. The first-order chi connectivity index (χ1) is 12.2. The molecule has 0 atom stereocenters. The summed E-state index contributed by atoms with van der Waals surface area (Å²) in [6.45, 7) is 6.54. The van der Waals surface area contributed by atoms with Crippen LogP contribution in [0.5, 0.6) is 0 Å². The summed E-state index contributed by atoms with van der Waals surface area (Å²) in [5, 5.41) is 6.73. The minimum Gasteiger partial charge on any atom is -0.355 e. The number of hydrogen-bond donors (Lipinski definition) is 2. The van der Waals surface area contributed by atoms with Gasteiger partial charge in [0.1, 0.15) is 5.82 Å². The number of aromatic nitrogens is 2. The molecule has 1 heterocycles. The first kappa shape index (κ1) is 20.2. The number of rotatable bonds is 5. The molecular weight excluding hydrogens is 437 g/mol. The van der Waals surface area contributed by atoms with Crippen LogP contribution in [0.2, 0.25) is 0 Å². The Morgan fingerprint density at radius 3 is 2.65 bits per heavy atom. The highest BCUT2D eigenvalue weighted by atomic mass is 127. The fourth-order valence-electron chi connectivity index (χ4n) is 2.99. The Morgan fingerprint density at radius 1 is 1.08 bits per heavy atom. The van der Waals surface area contributed by atoms with E-state index in [0.717, 1.165) is 36.9 Å². The van der Waals surface area contributed by atoms with Crippen LogP contribution in [0.3, 0.4) is 0 Å². The zero-order valence-corrected chi connectivity index (χ0v) is 17.8. The number of aliphatic imine (C=N–C) groups is 1. The SMILES string of the molecule is CN=C(NCCn1c(C)nc2ccccc21)NCc1cccc(C)c1.I. The van der Waals surface area contributed by atoms with Gasteiger partial charge in [-0.2, -0.15) is 0 Å². The second-order valence-corrected chi connectivity index (χ2v) is 6.14. The van der Waals surface area contributed by atoms with E-state index in [0.29, 0.717) is 0 Å². The topological polar surface area (TPSA) is 54.2 Å². The molecule has 3 rings (SSSR count). The van der Waals surface area contributed by atoms with Gasteiger partial charge in [0.2, 0.25) is 0 Å². The van der Waals surface area contributed by atoms with Gasteiger partial charge in [-0.05, 0) is 31.5 Å². The van der Waals surface area contributed by atoms with E-state index in [-0.39, 0.29) is 24.0 Å². The van der Waals surface area contributed by atoms with Crippen molar-refractivity contribution in [2.45, 2.75) is 26.9 Å². The molecule has 0 aliphatic rings. The molecule has 0 aliphatic heterocycles. The second kappa shape index (κ2) is 9.56. The summed E-state index contributed by atoms with van der Waals surface area (Å²) in [5.41, 5.74) is 4.73. The molecule has 1 aromatic heterocycles. The third kappa shape index (κ3) is 4.97. The van der Waals surface area contributed by atoms with Crippen molar-refractivity contribution in [2.24, 2.45) is 4.99 Å². The molecule has 3 aromatic rings. The van der Waals surface area contributed by atoms with Gasteiger partial charge in [-0.3, -0.25) is 4.99 Å². The lowest BCUT2D eigenvalue weighted by molar-refractivity contribution is 0.660. The Balaban J connectivity index is 0.00000243. The van der Waals surface area contributed by atoms with Crippen LogP contribution in [0.15, 0.2) is 53.5 Å². The van der Waals surface area contributed by atoms with Crippen molar-refractivity contribution >= 4 is 41.0 Å². The molecule has 2 aromatic carbocycles. The Labute approximate surface area is 172 Å². The normalized spacial score (nSPS) is 11.3. The number of nitrogens with zero attached hydrogens (tertiary/aromatic N) is 3. The van der Waals surface area contributed by atoms with E-state index >= 15 is 0 Å². The number of imidazole rings is 1. The van der Waals surface area contributed by atoms with E-state index in [1.807, 2.05) is 13.0 Å². The molecule has 0 amide bonds. The predicted molar refractivity (Wildman–Crippen MR) is 119 cm³/mol. The maximum absolute atomic E-state index is 4.60. The molecule has 2 N–H and O–H groups in total. The molecule has 5 nitrogen and oxygen atoms in total. The first-order valence-corrected chi connectivity index (χ1v) is 8.59. The highest BCUT2D eigenvalue weighted by Gasteiger charge is 2.06. The number of nitrogens with one attached hydrogen (secondary N) is 2. The Bertz CT molecular complexity index is 885. The third-order valence-corrected chi connectivity index (χ3v) is 4.24. The summed E-state index contributed by atoms with van der Waals surface area (Å²) < 4.78 is 2.23. The molecule has 0 bridgehead atoms. The summed E-state index contributed by atoms with van der Waals surface area (Å²) in [5.74, 6) is 1.84. The number of benzene rings is 2. The maximum Gasteiger partial charge on any atom is 0.191 e. The van der Waals surface area contributed by atoms with Crippen LogP contribution in [0, 0.1) is 13.8 Å². The van der Waals surface area contributed by atoms with Crippen molar-refractivity contribution in [1.82, 2.24) is 20.2 Å². The van der Waals surface area contributed by atoms with E-state index in [9.17, 15) is 0 Å². The van der Waals surface area contributed by atoms with Gasteiger partial charge in [-0.25, -0.2) is 4.98 Å². The minimum absolute atomic E-state index is 0. The fourth-order valence-corrected chi connectivity index (χ4v) is 2.99. The van der Waals surface area contributed by atoms with E-state index in [1.165, 1.54) is 16.6 Å². The fraction of sp³-hybridized carbons (Fsp3) is 0.300. The molecular formula is C20H26IN5.